The summed E-state index contributed by atoms with van der Waals surface area (Å²) in [5, 5.41) is 2.34. The van der Waals surface area contributed by atoms with Crippen LogP contribution in [0.3, 0.4) is 0 Å². The van der Waals surface area contributed by atoms with Crippen LogP contribution in [0.4, 0.5) is 0 Å². The Morgan fingerprint density at radius 2 is 1.00 bits per heavy atom. The molecule has 0 amide bonds. The zero-order chi connectivity index (χ0) is 47.6. The van der Waals surface area contributed by atoms with Crippen molar-refractivity contribution in [3.05, 3.63) is 252 Å². The van der Waals surface area contributed by atoms with E-state index >= 15 is 0 Å². The highest BCUT2D eigenvalue weighted by molar-refractivity contribution is 6.15. The van der Waals surface area contributed by atoms with Gasteiger partial charge in [0.1, 0.15) is 5.82 Å². The average Bonchev–Trinajstić information content (AvgIpc) is 3.76. The molecule has 0 fully saturated rings. The highest BCUT2D eigenvalue weighted by atomic mass is 15.2. The molecule has 0 spiro atoms. The summed E-state index contributed by atoms with van der Waals surface area (Å²) in [6.45, 7) is 9.08. The van der Waals surface area contributed by atoms with Crippen molar-refractivity contribution in [3.63, 3.8) is 0 Å². The van der Waals surface area contributed by atoms with E-state index in [1.54, 1.807) is 0 Å². The van der Waals surface area contributed by atoms with Gasteiger partial charge >= 0.3 is 0 Å². The topological polar surface area (TPSA) is 43.6 Å². The second kappa shape index (κ2) is 19.4. The summed E-state index contributed by atoms with van der Waals surface area (Å²) in [6.07, 6.45) is 2.63. The van der Waals surface area contributed by atoms with Gasteiger partial charge in [-0.25, -0.2) is 4.98 Å². The predicted octanol–water partition coefficient (Wildman–Crippen LogP) is 17.2. The molecule has 0 bridgehead atoms. The van der Waals surface area contributed by atoms with Crippen LogP contribution in [-0.2, 0) is 6.42 Å². The number of nitrogens with zero attached hydrogens (tertiary/aromatic N) is 4. The van der Waals surface area contributed by atoms with Crippen molar-refractivity contribution < 1.29 is 0 Å². The van der Waals surface area contributed by atoms with E-state index in [2.05, 4.69) is 251 Å². The molecule has 0 saturated carbocycles. The molecule has 2 aromatic heterocycles. The highest BCUT2D eigenvalue weighted by Crippen LogP contribution is 2.42. The largest absolute Gasteiger partial charge is 0.278 e. The minimum atomic E-state index is 0.000322. The van der Waals surface area contributed by atoms with Crippen molar-refractivity contribution in [3.8, 4) is 61.8 Å². The van der Waals surface area contributed by atoms with Crippen LogP contribution >= 0.6 is 0 Å². The first kappa shape index (κ1) is 44.3. The first-order valence-corrected chi connectivity index (χ1v) is 24.8. The van der Waals surface area contributed by atoms with Gasteiger partial charge in [-0.15, -0.1) is 0 Å². The Bertz CT molecular complexity index is 3610. The van der Waals surface area contributed by atoms with Gasteiger partial charge in [-0.3, -0.25) is 4.57 Å². The Labute approximate surface area is 412 Å². The summed E-state index contributed by atoms with van der Waals surface area (Å²) in [5.41, 5.74) is 19.4. The van der Waals surface area contributed by atoms with Crippen molar-refractivity contribution in [2.75, 3.05) is 0 Å². The number of rotatable bonds is 13. The lowest BCUT2D eigenvalue weighted by Crippen LogP contribution is -2.13. The SMILES string of the molecule is CCC(Cc1ccccc1-c1cc(-c2ccccc2C(CC)c2ccccc2)c(C)cc1C)c1nc(-c2ccc(-c3ccccc3)cc2)nc(-n2c3ccccc3c3c(-c4ccccc4)cccc32)n1. The minimum absolute atomic E-state index is 0.000322. The fourth-order valence-electron chi connectivity index (χ4n) is 10.8. The number of hydrogen-bond donors (Lipinski definition) is 0. The Morgan fingerprint density at radius 3 is 1.73 bits per heavy atom. The normalized spacial score (nSPS) is 12.3. The van der Waals surface area contributed by atoms with Crippen molar-refractivity contribution in [2.24, 2.45) is 0 Å². The van der Waals surface area contributed by atoms with Crippen LogP contribution in [0.5, 0.6) is 0 Å². The van der Waals surface area contributed by atoms with Gasteiger partial charge in [0, 0.05) is 28.2 Å². The van der Waals surface area contributed by atoms with Gasteiger partial charge in [0.15, 0.2) is 5.82 Å². The quantitative estimate of drug-likeness (QED) is 0.116. The van der Waals surface area contributed by atoms with E-state index in [0.29, 0.717) is 17.7 Å². The molecule has 0 radical (unpaired) electrons. The van der Waals surface area contributed by atoms with Crippen molar-refractivity contribution in [1.82, 2.24) is 19.5 Å². The van der Waals surface area contributed by atoms with E-state index in [1.165, 1.54) is 72.1 Å². The standard InChI is InChI=1S/C66H56N4/c1-5-46(42-52-29-16-17-30-54(52)59-43-60(45(4)41-44(59)3)57-32-19-18-31-56(57)53(6-2)49-25-12-8-13-26-49)64-67-65(51-39-37-48(38-40-51)47-23-10-7-11-24-47)69-66(68-64)70-61-35-21-20-33-58(61)63-55(34-22-36-62(63)70)50-27-14-9-15-28-50/h7-41,43,46,53H,5-6,42H2,1-4H3. The molecule has 4 heteroatoms. The maximum absolute atomic E-state index is 5.52. The third-order valence-electron chi connectivity index (χ3n) is 14.3. The molecule has 0 aliphatic heterocycles. The Hall–Kier alpha value is -8.21. The zero-order valence-corrected chi connectivity index (χ0v) is 40.3. The lowest BCUT2D eigenvalue weighted by molar-refractivity contribution is 0.612. The molecular formula is C66H56N4. The van der Waals surface area contributed by atoms with Gasteiger partial charge in [0.2, 0.25) is 5.95 Å². The van der Waals surface area contributed by atoms with Crippen molar-refractivity contribution in [1.29, 1.82) is 0 Å². The maximum atomic E-state index is 5.52. The average molecular weight is 905 g/mol. The van der Waals surface area contributed by atoms with Crippen LogP contribution in [-0.4, -0.2) is 19.5 Å². The van der Waals surface area contributed by atoms with Crippen molar-refractivity contribution in [2.45, 2.75) is 58.8 Å². The minimum Gasteiger partial charge on any atom is -0.278 e. The van der Waals surface area contributed by atoms with Crippen LogP contribution in [0, 0.1) is 13.8 Å². The maximum Gasteiger partial charge on any atom is 0.238 e. The fraction of sp³-hybridized carbons (Fsp3) is 0.136. The summed E-state index contributed by atoms with van der Waals surface area (Å²) in [7, 11) is 0. The lowest BCUT2D eigenvalue weighted by Gasteiger charge is -2.23. The van der Waals surface area contributed by atoms with Crippen LogP contribution < -0.4 is 0 Å². The summed E-state index contributed by atoms with van der Waals surface area (Å²) < 4.78 is 2.25. The van der Waals surface area contributed by atoms with Crippen LogP contribution in [0.2, 0.25) is 0 Å². The van der Waals surface area contributed by atoms with Gasteiger partial charge in [-0.05, 0) is 124 Å². The summed E-state index contributed by atoms with van der Waals surface area (Å²) in [6, 6.07) is 78.8. The molecule has 70 heavy (non-hydrogen) atoms. The van der Waals surface area contributed by atoms with Gasteiger partial charge in [-0.1, -0.05) is 214 Å². The third kappa shape index (κ3) is 8.41. The summed E-state index contributed by atoms with van der Waals surface area (Å²) in [5.74, 6) is 2.37. The first-order chi connectivity index (χ1) is 34.5. The monoisotopic (exact) mass is 904 g/mol. The fourth-order valence-corrected chi connectivity index (χ4v) is 10.8. The lowest BCUT2D eigenvalue weighted by atomic mass is 9.82. The van der Waals surface area contributed by atoms with Gasteiger partial charge in [0.05, 0.1) is 11.0 Å². The summed E-state index contributed by atoms with van der Waals surface area (Å²) in [4.78, 5) is 16.3. The smallest absolute Gasteiger partial charge is 0.238 e. The molecule has 0 aliphatic rings. The van der Waals surface area contributed by atoms with Crippen LogP contribution in [0.15, 0.2) is 218 Å². The van der Waals surface area contributed by atoms with E-state index in [4.69, 9.17) is 15.0 Å². The highest BCUT2D eigenvalue weighted by Gasteiger charge is 2.24. The van der Waals surface area contributed by atoms with E-state index in [-0.39, 0.29) is 5.92 Å². The van der Waals surface area contributed by atoms with E-state index < -0.39 is 0 Å². The first-order valence-electron chi connectivity index (χ1n) is 24.8. The Morgan fingerprint density at radius 1 is 0.429 bits per heavy atom. The third-order valence-corrected chi connectivity index (χ3v) is 14.3. The number of fused-ring (bicyclic) bond motifs is 3. The molecule has 11 aromatic rings. The second-order valence-corrected chi connectivity index (χ2v) is 18.6. The number of benzene rings is 9. The molecule has 0 aliphatic carbocycles. The van der Waals surface area contributed by atoms with Gasteiger partial charge in [0.25, 0.3) is 0 Å². The molecule has 11 rings (SSSR count). The molecular weight excluding hydrogens is 849 g/mol. The number of aryl methyl sites for hydroxylation is 2. The molecule has 340 valence electrons. The van der Waals surface area contributed by atoms with E-state index in [1.807, 2.05) is 0 Å². The number of hydrogen-bond acceptors (Lipinski definition) is 3. The summed E-state index contributed by atoms with van der Waals surface area (Å²) >= 11 is 0. The molecule has 2 atom stereocenters. The van der Waals surface area contributed by atoms with Crippen molar-refractivity contribution >= 4 is 21.8 Å². The Balaban J connectivity index is 1.04. The van der Waals surface area contributed by atoms with Gasteiger partial charge in [-0.2, -0.15) is 9.97 Å². The van der Waals surface area contributed by atoms with E-state index in [9.17, 15) is 0 Å². The predicted molar refractivity (Wildman–Crippen MR) is 293 cm³/mol. The molecule has 2 heterocycles. The van der Waals surface area contributed by atoms with Gasteiger partial charge < -0.3 is 0 Å². The Kier molecular flexibility index (Phi) is 12.3. The van der Waals surface area contributed by atoms with Crippen LogP contribution in [0.1, 0.15) is 72.2 Å². The second-order valence-electron chi connectivity index (χ2n) is 18.6. The van der Waals surface area contributed by atoms with E-state index in [0.717, 1.165) is 52.6 Å². The molecule has 9 aromatic carbocycles. The molecule has 2 unspecified atom stereocenters. The molecule has 0 N–H and O–H groups in total. The molecule has 0 saturated heterocycles. The number of aromatic nitrogens is 4. The number of para-hydroxylation sites is 1. The van der Waals surface area contributed by atoms with Crippen LogP contribution in [0.25, 0.3) is 83.6 Å². The zero-order valence-electron chi connectivity index (χ0n) is 40.3. The molecule has 4 nitrogen and oxygen atoms in total.